The molecule has 3 rings (SSSR count). The minimum atomic E-state index is -4.61. The second kappa shape index (κ2) is 9.68. The van der Waals surface area contributed by atoms with Crippen molar-refractivity contribution in [2.24, 2.45) is 0 Å². The van der Waals surface area contributed by atoms with Gasteiger partial charge < -0.3 is 15.4 Å². The molecule has 1 atom stereocenters. The highest BCUT2D eigenvalue weighted by Gasteiger charge is 2.35. The van der Waals surface area contributed by atoms with Crippen LogP contribution in [-0.2, 0) is 11.6 Å². The number of halogens is 3. The molecule has 176 valence electrons. The van der Waals surface area contributed by atoms with Gasteiger partial charge in [0.05, 0.1) is 6.10 Å². The predicted octanol–water partition coefficient (Wildman–Crippen LogP) is 7.46. The molecule has 0 spiro atoms. The van der Waals surface area contributed by atoms with Crippen molar-refractivity contribution in [3.05, 3.63) is 65.9 Å². The van der Waals surface area contributed by atoms with E-state index < -0.39 is 11.7 Å². The van der Waals surface area contributed by atoms with Gasteiger partial charge in [0.1, 0.15) is 17.1 Å². The Bertz CT molecular complexity index is 1080. The van der Waals surface area contributed by atoms with Crippen molar-refractivity contribution in [3.8, 4) is 5.75 Å². The maximum Gasteiger partial charge on any atom is 0.421 e. The maximum atomic E-state index is 13.6. The zero-order valence-corrected chi connectivity index (χ0v) is 19.4. The number of aromatic nitrogens is 2. The van der Waals surface area contributed by atoms with Crippen LogP contribution < -0.4 is 15.4 Å². The summed E-state index contributed by atoms with van der Waals surface area (Å²) in [6, 6.07) is 14.4. The van der Waals surface area contributed by atoms with Crippen molar-refractivity contribution >= 4 is 23.1 Å². The second-order valence-corrected chi connectivity index (χ2v) is 8.90. The van der Waals surface area contributed by atoms with E-state index in [1.807, 2.05) is 38.1 Å². The maximum absolute atomic E-state index is 13.6. The first-order valence-electron chi connectivity index (χ1n) is 10.8. The fraction of sp³-hybridized carbons (Fsp3) is 0.360. The van der Waals surface area contributed by atoms with E-state index in [4.69, 9.17) is 4.74 Å². The first-order chi connectivity index (χ1) is 15.5. The fourth-order valence-corrected chi connectivity index (χ4v) is 3.03. The molecule has 8 heteroatoms. The van der Waals surface area contributed by atoms with E-state index in [0.29, 0.717) is 17.1 Å². The fourth-order valence-electron chi connectivity index (χ4n) is 3.03. The lowest BCUT2D eigenvalue weighted by Gasteiger charge is -2.19. The molecule has 2 N–H and O–H groups in total. The van der Waals surface area contributed by atoms with Crippen molar-refractivity contribution in [1.82, 2.24) is 9.97 Å². The van der Waals surface area contributed by atoms with E-state index >= 15 is 0 Å². The van der Waals surface area contributed by atoms with Gasteiger partial charge in [-0.2, -0.15) is 18.2 Å². The van der Waals surface area contributed by atoms with Crippen molar-refractivity contribution < 1.29 is 17.9 Å². The monoisotopic (exact) mass is 458 g/mol. The highest BCUT2D eigenvalue weighted by Crippen LogP contribution is 2.36. The molecule has 33 heavy (non-hydrogen) atoms. The summed E-state index contributed by atoms with van der Waals surface area (Å²) in [5.74, 6) is 0.280. The summed E-state index contributed by atoms with van der Waals surface area (Å²) >= 11 is 0. The van der Waals surface area contributed by atoms with Gasteiger partial charge in [-0.3, -0.25) is 0 Å². The summed E-state index contributed by atoms with van der Waals surface area (Å²) in [6.07, 6.45) is -3.03. The molecule has 0 bridgehead atoms. The number of nitrogens with one attached hydrogen (secondary N) is 2. The van der Waals surface area contributed by atoms with Crippen LogP contribution in [0.25, 0.3) is 0 Å². The van der Waals surface area contributed by atoms with Crippen LogP contribution in [0.1, 0.15) is 52.2 Å². The quantitative estimate of drug-likeness (QED) is 0.385. The Hall–Kier alpha value is -3.29. The highest BCUT2D eigenvalue weighted by atomic mass is 19.4. The van der Waals surface area contributed by atoms with Crippen LogP contribution in [0.5, 0.6) is 5.75 Å². The first-order valence-corrected chi connectivity index (χ1v) is 10.8. The summed E-state index contributed by atoms with van der Waals surface area (Å²) in [5, 5.41) is 5.75. The van der Waals surface area contributed by atoms with Crippen molar-refractivity contribution in [2.45, 2.75) is 58.7 Å². The zero-order valence-electron chi connectivity index (χ0n) is 19.4. The lowest BCUT2D eigenvalue weighted by Crippen LogP contribution is -2.13. The smallest absolute Gasteiger partial charge is 0.421 e. The molecule has 0 aliphatic carbocycles. The Morgan fingerprint density at radius 1 is 0.970 bits per heavy atom. The van der Waals surface area contributed by atoms with Crippen LogP contribution in [-0.4, -0.2) is 16.1 Å². The summed E-state index contributed by atoms with van der Waals surface area (Å²) in [4.78, 5) is 7.99. The van der Waals surface area contributed by atoms with Gasteiger partial charge in [-0.25, -0.2) is 4.98 Å². The van der Waals surface area contributed by atoms with Gasteiger partial charge in [-0.1, -0.05) is 45.9 Å². The minimum Gasteiger partial charge on any atom is -0.491 e. The Morgan fingerprint density at radius 3 is 2.27 bits per heavy atom. The second-order valence-electron chi connectivity index (χ2n) is 8.90. The predicted molar refractivity (Wildman–Crippen MR) is 126 cm³/mol. The Labute approximate surface area is 192 Å². The van der Waals surface area contributed by atoms with Crippen LogP contribution in [0.2, 0.25) is 0 Å². The van der Waals surface area contributed by atoms with E-state index in [2.05, 4.69) is 41.4 Å². The van der Waals surface area contributed by atoms with Gasteiger partial charge in [0.25, 0.3) is 0 Å². The number of rotatable bonds is 7. The number of alkyl halides is 3. The third-order valence-electron chi connectivity index (χ3n) is 5.11. The van der Waals surface area contributed by atoms with Crippen LogP contribution in [0.4, 0.5) is 36.3 Å². The van der Waals surface area contributed by atoms with Gasteiger partial charge in [0, 0.05) is 23.6 Å². The number of hydrogen-bond donors (Lipinski definition) is 2. The van der Waals surface area contributed by atoms with Crippen molar-refractivity contribution in [1.29, 1.82) is 0 Å². The standard InChI is InChI=1S/C25H29F3N4O/c1-6-16(2)33-20-9-7-8-19(14-20)30-22-21(25(26,27)28)15-29-23(32-22)31-18-12-10-17(11-13-18)24(3,4)5/h7-16H,6H2,1-5H3,(H2,29,30,31,32). The SMILES string of the molecule is CCC(C)Oc1cccc(Nc2nc(Nc3ccc(C(C)(C)C)cc3)ncc2C(F)(F)F)c1. The lowest BCUT2D eigenvalue weighted by atomic mass is 9.87. The van der Waals surface area contributed by atoms with Gasteiger partial charge in [-0.05, 0) is 48.6 Å². The number of ether oxygens (including phenoxy) is 1. The summed E-state index contributed by atoms with van der Waals surface area (Å²) in [6.45, 7) is 10.2. The molecular weight excluding hydrogens is 429 g/mol. The average molecular weight is 459 g/mol. The average Bonchev–Trinajstić information content (AvgIpc) is 2.73. The molecule has 1 aromatic heterocycles. The highest BCUT2D eigenvalue weighted by molar-refractivity contribution is 5.64. The molecule has 0 fully saturated rings. The third kappa shape index (κ3) is 6.60. The molecule has 2 aromatic carbocycles. The molecule has 1 heterocycles. The van der Waals surface area contributed by atoms with Crippen molar-refractivity contribution in [3.63, 3.8) is 0 Å². The summed E-state index contributed by atoms with van der Waals surface area (Å²) < 4.78 is 46.6. The van der Waals surface area contributed by atoms with Crippen LogP contribution in [0.15, 0.2) is 54.7 Å². The normalized spacial score (nSPS) is 12.8. The molecular formula is C25H29F3N4O. The molecule has 0 saturated heterocycles. The first kappa shape index (κ1) is 24.4. The minimum absolute atomic E-state index is 0.00630. The van der Waals surface area contributed by atoms with E-state index in [0.717, 1.165) is 18.2 Å². The number of nitrogens with zero attached hydrogens (tertiary/aromatic N) is 2. The molecule has 0 radical (unpaired) electrons. The van der Waals surface area contributed by atoms with E-state index in [9.17, 15) is 13.2 Å². The molecule has 0 saturated carbocycles. The molecule has 5 nitrogen and oxygen atoms in total. The number of hydrogen-bond acceptors (Lipinski definition) is 5. The summed E-state index contributed by atoms with van der Waals surface area (Å²) in [7, 11) is 0. The van der Waals surface area contributed by atoms with Gasteiger partial charge in [0.15, 0.2) is 0 Å². The number of benzene rings is 2. The van der Waals surface area contributed by atoms with Crippen LogP contribution in [0, 0.1) is 0 Å². The molecule has 3 aromatic rings. The zero-order chi connectivity index (χ0) is 24.2. The van der Waals surface area contributed by atoms with Gasteiger partial charge in [-0.15, -0.1) is 0 Å². The Balaban J connectivity index is 1.87. The lowest BCUT2D eigenvalue weighted by molar-refractivity contribution is -0.137. The Morgan fingerprint density at radius 2 is 1.67 bits per heavy atom. The van der Waals surface area contributed by atoms with Crippen LogP contribution in [0.3, 0.4) is 0 Å². The molecule has 1 unspecified atom stereocenters. The largest absolute Gasteiger partial charge is 0.491 e. The van der Waals surface area contributed by atoms with E-state index in [-0.39, 0.29) is 23.3 Å². The van der Waals surface area contributed by atoms with Gasteiger partial charge in [0.2, 0.25) is 5.95 Å². The number of anilines is 4. The van der Waals surface area contributed by atoms with E-state index in [1.54, 1.807) is 24.3 Å². The van der Waals surface area contributed by atoms with Gasteiger partial charge >= 0.3 is 6.18 Å². The molecule has 0 aliphatic rings. The van der Waals surface area contributed by atoms with E-state index in [1.165, 1.54) is 0 Å². The van der Waals surface area contributed by atoms with Crippen LogP contribution >= 0.6 is 0 Å². The third-order valence-corrected chi connectivity index (χ3v) is 5.11. The summed E-state index contributed by atoms with van der Waals surface area (Å²) in [5.41, 5.74) is 1.29. The topological polar surface area (TPSA) is 59.1 Å². The Kier molecular flexibility index (Phi) is 7.15. The molecule has 0 amide bonds. The molecule has 0 aliphatic heterocycles. The van der Waals surface area contributed by atoms with Crippen molar-refractivity contribution in [2.75, 3.05) is 10.6 Å².